The number of nitrogens with zero attached hydrogens (tertiary/aromatic N) is 1. The molecule has 0 radical (unpaired) electrons. The molecule has 0 heterocycles. The van der Waals surface area contributed by atoms with Crippen LogP contribution < -0.4 is 5.32 Å². The van der Waals surface area contributed by atoms with E-state index in [1.807, 2.05) is 0 Å². The number of fused-ring (bicyclic) bond motifs is 1. The van der Waals surface area contributed by atoms with Crippen molar-refractivity contribution in [2.75, 3.05) is 0 Å². The Morgan fingerprint density at radius 1 is 1.44 bits per heavy atom. The van der Waals surface area contributed by atoms with E-state index in [2.05, 4.69) is 5.32 Å². The van der Waals surface area contributed by atoms with E-state index in [1.54, 1.807) is 12.1 Å². The number of carbonyl (C=O) groups is 2. The number of benzene rings is 1. The largest absolute Gasteiger partial charge is 0.299 e. The molecule has 1 aliphatic carbocycles. The van der Waals surface area contributed by atoms with E-state index < -0.39 is 4.92 Å². The average Bonchev–Trinajstić information content (AvgIpc) is 2.69. The van der Waals surface area contributed by atoms with Gasteiger partial charge < -0.3 is 0 Å². The normalized spacial score (nSPS) is 17.0. The van der Waals surface area contributed by atoms with Crippen LogP contribution in [-0.2, 0) is 22.4 Å². The number of nitrogens with one attached hydrogen (secondary N) is 1. The van der Waals surface area contributed by atoms with Crippen molar-refractivity contribution in [3.05, 3.63) is 39.4 Å². The number of rotatable bonds is 4. The topological polar surface area (TPSA) is 89.3 Å². The van der Waals surface area contributed by atoms with Gasteiger partial charge in [-0.1, -0.05) is 6.07 Å². The average molecular weight is 248 g/mol. The van der Waals surface area contributed by atoms with Gasteiger partial charge in [0.05, 0.1) is 4.92 Å². The van der Waals surface area contributed by atoms with Crippen molar-refractivity contribution >= 4 is 18.0 Å². The maximum atomic E-state index is 11.3. The Kier molecular flexibility index (Phi) is 3.36. The SMILES string of the molecule is O=CNC(=O)CC1Cc2ccc([N+](=O)[O-])cc2C1. The predicted molar refractivity (Wildman–Crippen MR) is 62.8 cm³/mol. The van der Waals surface area contributed by atoms with E-state index in [-0.39, 0.29) is 23.9 Å². The summed E-state index contributed by atoms with van der Waals surface area (Å²) in [5, 5.41) is 12.7. The molecule has 0 aromatic heterocycles. The molecule has 1 atom stereocenters. The lowest BCUT2D eigenvalue weighted by Gasteiger charge is -2.05. The Hall–Kier alpha value is -2.24. The van der Waals surface area contributed by atoms with Gasteiger partial charge in [0.15, 0.2) is 0 Å². The molecule has 0 bridgehead atoms. The van der Waals surface area contributed by atoms with Crippen LogP contribution in [0.2, 0.25) is 0 Å². The van der Waals surface area contributed by atoms with Crippen LogP contribution in [-0.4, -0.2) is 17.2 Å². The summed E-state index contributed by atoms with van der Waals surface area (Å²) in [6, 6.07) is 4.78. The number of nitro benzene ring substituents is 1. The van der Waals surface area contributed by atoms with Gasteiger partial charge in [0.2, 0.25) is 12.3 Å². The summed E-state index contributed by atoms with van der Waals surface area (Å²) in [7, 11) is 0. The second-order valence-corrected chi connectivity index (χ2v) is 4.37. The van der Waals surface area contributed by atoms with E-state index in [9.17, 15) is 19.7 Å². The molecule has 6 heteroatoms. The zero-order valence-corrected chi connectivity index (χ0v) is 9.59. The summed E-state index contributed by atoms with van der Waals surface area (Å²) in [4.78, 5) is 31.6. The minimum Gasteiger partial charge on any atom is -0.299 e. The van der Waals surface area contributed by atoms with Crippen molar-refractivity contribution in [2.45, 2.75) is 19.3 Å². The summed E-state index contributed by atoms with van der Waals surface area (Å²) in [5.74, 6) is -0.195. The highest BCUT2D eigenvalue weighted by Crippen LogP contribution is 2.31. The van der Waals surface area contributed by atoms with E-state index in [1.165, 1.54) is 6.07 Å². The standard InChI is InChI=1S/C12H12N2O4/c15-7-13-12(16)5-8-3-9-1-2-11(14(17)18)6-10(9)4-8/h1-2,6-8H,3-5H2,(H,13,15,16). The van der Waals surface area contributed by atoms with Gasteiger partial charge in [0, 0.05) is 18.6 Å². The molecule has 1 unspecified atom stereocenters. The van der Waals surface area contributed by atoms with E-state index in [0.29, 0.717) is 12.8 Å². The molecule has 0 aliphatic heterocycles. The van der Waals surface area contributed by atoms with Gasteiger partial charge in [-0.25, -0.2) is 0 Å². The molecule has 2 rings (SSSR count). The number of carbonyl (C=O) groups excluding carboxylic acids is 2. The van der Waals surface area contributed by atoms with E-state index >= 15 is 0 Å². The third-order valence-electron chi connectivity index (χ3n) is 3.11. The van der Waals surface area contributed by atoms with Gasteiger partial charge in [-0.05, 0) is 29.9 Å². The molecule has 0 spiro atoms. The predicted octanol–water partition coefficient (Wildman–Crippen LogP) is 0.972. The molecule has 2 amide bonds. The molecule has 1 aromatic carbocycles. The fourth-order valence-electron chi connectivity index (χ4n) is 2.34. The summed E-state index contributed by atoms with van der Waals surface area (Å²) in [6.07, 6.45) is 2.00. The van der Waals surface area contributed by atoms with Crippen molar-refractivity contribution in [1.82, 2.24) is 5.32 Å². The van der Waals surface area contributed by atoms with Crippen LogP contribution in [0, 0.1) is 16.0 Å². The minimum absolute atomic E-state index is 0.0757. The maximum Gasteiger partial charge on any atom is 0.269 e. The quantitative estimate of drug-likeness (QED) is 0.488. The zero-order valence-electron chi connectivity index (χ0n) is 9.59. The van der Waals surface area contributed by atoms with Crippen LogP contribution in [0.3, 0.4) is 0 Å². The number of hydrogen-bond donors (Lipinski definition) is 1. The molecule has 1 N–H and O–H groups in total. The highest BCUT2D eigenvalue weighted by Gasteiger charge is 2.25. The van der Waals surface area contributed by atoms with Gasteiger partial charge in [0.25, 0.3) is 5.69 Å². The Morgan fingerprint density at radius 2 is 2.17 bits per heavy atom. The highest BCUT2D eigenvalue weighted by atomic mass is 16.6. The first-order valence-corrected chi connectivity index (χ1v) is 5.59. The van der Waals surface area contributed by atoms with Crippen molar-refractivity contribution in [3.63, 3.8) is 0 Å². The summed E-state index contributed by atoms with van der Waals surface area (Å²) < 4.78 is 0. The highest BCUT2D eigenvalue weighted by molar-refractivity contribution is 5.86. The molecule has 94 valence electrons. The Balaban J connectivity index is 2.06. The first kappa shape index (κ1) is 12.2. The third-order valence-corrected chi connectivity index (χ3v) is 3.11. The molecule has 1 aromatic rings. The number of imide groups is 1. The van der Waals surface area contributed by atoms with Crippen molar-refractivity contribution in [2.24, 2.45) is 5.92 Å². The number of nitro groups is 1. The molecular formula is C12H12N2O4. The number of non-ortho nitro benzene ring substituents is 1. The molecule has 6 nitrogen and oxygen atoms in total. The Bertz CT molecular complexity index is 513. The number of hydrogen-bond acceptors (Lipinski definition) is 4. The first-order chi connectivity index (χ1) is 8.60. The molecule has 0 fully saturated rings. The number of amides is 2. The summed E-state index contributed by atoms with van der Waals surface area (Å²) >= 11 is 0. The van der Waals surface area contributed by atoms with Crippen molar-refractivity contribution in [1.29, 1.82) is 0 Å². The fraction of sp³-hybridized carbons (Fsp3) is 0.333. The van der Waals surface area contributed by atoms with Crippen LogP contribution in [0.1, 0.15) is 17.5 Å². The summed E-state index contributed by atoms with van der Waals surface area (Å²) in [5.41, 5.74) is 2.05. The van der Waals surface area contributed by atoms with Gasteiger partial charge >= 0.3 is 0 Å². The first-order valence-electron chi connectivity index (χ1n) is 5.59. The van der Waals surface area contributed by atoms with Crippen LogP contribution in [0.25, 0.3) is 0 Å². The van der Waals surface area contributed by atoms with Gasteiger partial charge in [-0.3, -0.25) is 25.0 Å². The lowest BCUT2D eigenvalue weighted by molar-refractivity contribution is -0.384. The molecular weight excluding hydrogens is 236 g/mol. The van der Waals surface area contributed by atoms with Crippen molar-refractivity contribution < 1.29 is 14.5 Å². The Morgan fingerprint density at radius 3 is 2.83 bits per heavy atom. The third kappa shape index (κ3) is 2.53. The van der Waals surface area contributed by atoms with E-state index in [4.69, 9.17) is 0 Å². The monoisotopic (exact) mass is 248 g/mol. The zero-order chi connectivity index (χ0) is 13.1. The smallest absolute Gasteiger partial charge is 0.269 e. The van der Waals surface area contributed by atoms with Crippen LogP contribution in [0.4, 0.5) is 5.69 Å². The Labute approximate surface area is 103 Å². The molecule has 1 aliphatic rings. The van der Waals surface area contributed by atoms with Crippen LogP contribution in [0.15, 0.2) is 18.2 Å². The molecule has 18 heavy (non-hydrogen) atoms. The summed E-state index contributed by atoms with van der Waals surface area (Å²) in [6.45, 7) is 0. The van der Waals surface area contributed by atoms with Gasteiger partial charge in [-0.15, -0.1) is 0 Å². The maximum absolute atomic E-state index is 11.3. The second-order valence-electron chi connectivity index (χ2n) is 4.37. The molecule has 0 saturated heterocycles. The van der Waals surface area contributed by atoms with Crippen molar-refractivity contribution in [3.8, 4) is 0 Å². The second kappa shape index (κ2) is 4.95. The fourth-order valence-corrected chi connectivity index (χ4v) is 2.34. The van der Waals surface area contributed by atoms with Crippen LogP contribution in [0.5, 0.6) is 0 Å². The molecule has 0 saturated carbocycles. The minimum atomic E-state index is -0.424. The lowest BCUT2D eigenvalue weighted by atomic mass is 10.0. The van der Waals surface area contributed by atoms with E-state index in [0.717, 1.165) is 17.5 Å². The van der Waals surface area contributed by atoms with Crippen LogP contribution >= 0.6 is 0 Å². The van der Waals surface area contributed by atoms with Gasteiger partial charge in [0.1, 0.15) is 0 Å². The van der Waals surface area contributed by atoms with Gasteiger partial charge in [-0.2, -0.15) is 0 Å². The lowest BCUT2D eigenvalue weighted by Crippen LogP contribution is -2.24.